The lowest BCUT2D eigenvalue weighted by Crippen LogP contribution is -2.34. The van der Waals surface area contributed by atoms with Gasteiger partial charge in [-0.05, 0) is 62.8 Å². The fraction of sp³-hybridized carbons (Fsp3) is 0.571. The Labute approximate surface area is 102 Å². The maximum atomic E-state index is 13.2. The molecular weight excluding hydrogens is 217 g/mol. The Bertz CT molecular complexity index is 394. The van der Waals surface area contributed by atoms with Gasteiger partial charge < -0.3 is 10.5 Å². The lowest BCUT2D eigenvalue weighted by molar-refractivity contribution is 0.294. The summed E-state index contributed by atoms with van der Waals surface area (Å²) in [6.07, 6.45) is 3.11. The van der Waals surface area contributed by atoms with E-state index in [1.165, 1.54) is 25.0 Å². The highest BCUT2D eigenvalue weighted by Gasteiger charge is 2.23. The molecule has 0 spiro atoms. The number of ether oxygens (including phenoxy) is 1. The first kappa shape index (κ1) is 12.4. The molecular formula is C14H20FNO. The standard InChI is InChI=1S/C14H20FNO/c1-14(2,16)8-11-7-12(15)5-6-13(11)17-9-10-3-4-10/h5-7,10H,3-4,8-9,16H2,1-2H3. The normalized spacial score (nSPS) is 16.0. The van der Waals surface area contributed by atoms with E-state index in [0.29, 0.717) is 12.3 Å². The van der Waals surface area contributed by atoms with Gasteiger partial charge in [0.05, 0.1) is 6.61 Å². The van der Waals surface area contributed by atoms with Crippen LogP contribution in [0.4, 0.5) is 4.39 Å². The molecule has 0 unspecified atom stereocenters. The molecule has 0 aliphatic heterocycles. The number of rotatable bonds is 5. The van der Waals surface area contributed by atoms with Crippen molar-refractivity contribution in [2.75, 3.05) is 6.61 Å². The lowest BCUT2D eigenvalue weighted by atomic mass is 9.95. The van der Waals surface area contributed by atoms with Gasteiger partial charge in [0.15, 0.2) is 0 Å². The summed E-state index contributed by atoms with van der Waals surface area (Å²) in [6.45, 7) is 4.61. The van der Waals surface area contributed by atoms with E-state index in [0.717, 1.165) is 17.9 Å². The average Bonchev–Trinajstić information content (AvgIpc) is 2.97. The Kier molecular flexibility index (Phi) is 3.38. The van der Waals surface area contributed by atoms with Crippen molar-refractivity contribution in [3.63, 3.8) is 0 Å². The minimum Gasteiger partial charge on any atom is -0.493 e. The molecule has 1 aromatic carbocycles. The van der Waals surface area contributed by atoms with Crippen molar-refractivity contribution in [2.24, 2.45) is 11.7 Å². The van der Waals surface area contributed by atoms with Crippen molar-refractivity contribution in [1.29, 1.82) is 0 Å². The smallest absolute Gasteiger partial charge is 0.123 e. The SMILES string of the molecule is CC(C)(N)Cc1cc(F)ccc1OCC1CC1. The van der Waals surface area contributed by atoms with Crippen LogP contribution in [0.2, 0.25) is 0 Å². The summed E-state index contributed by atoms with van der Waals surface area (Å²) < 4.78 is 19.0. The van der Waals surface area contributed by atoms with Crippen LogP contribution in [0.15, 0.2) is 18.2 Å². The minimum absolute atomic E-state index is 0.233. The summed E-state index contributed by atoms with van der Waals surface area (Å²) in [7, 11) is 0. The molecule has 2 rings (SSSR count). The fourth-order valence-electron chi connectivity index (χ4n) is 1.81. The number of benzene rings is 1. The van der Waals surface area contributed by atoms with E-state index < -0.39 is 0 Å². The van der Waals surface area contributed by atoms with Gasteiger partial charge in [-0.15, -0.1) is 0 Å². The molecule has 1 aromatic rings. The monoisotopic (exact) mass is 237 g/mol. The third kappa shape index (κ3) is 4.00. The van der Waals surface area contributed by atoms with Gasteiger partial charge in [0.1, 0.15) is 11.6 Å². The molecule has 0 heterocycles. The van der Waals surface area contributed by atoms with Crippen molar-refractivity contribution in [1.82, 2.24) is 0 Å². The van der Waals surface area contributed by atoms with Crippen LogP contribution < -0.4 is 10.5 Å². The first-order valence-electron chi connectivity index (χ1n) is 6.14. The van der Waals surface area contributed by atoms with E-state index in [4.69, 9.17) is 10.5 Å². The van der Waals surface area contributed by atoms with Crippen LogP contribution in [0.25, 0.3) is 0 Å². The van der Waals surface area contributed by atoms with Gasteiger partial charge in [-0.3, -0.25) is 0 Å². The predicted molar refractivity (Wildman–Crippen MR) is 66.6 cm³/mol. The molecule has 1 aliphatic rings. The van der Waals surface area contributed by atoms with Crippen LogP contribution in [0.3, 0.4) is 0 Å². The van der Waals surface area contributed by atoms with E-state index in [2.05, 4.69) is 0 Å². The zero-order valence-corrected chi connectivity index (χ0v) is 10.5. The second kappa shape index (κ2) is 4.65. The topological polar surface area (TPSA) is 35.2 Å². The Morgan fingerprint density at radius 1 is 1.41 bits per heavy atom. The summed E-state index contributed by atoms with van der Waals surface area (Å²) in [6, 6.07) is 4.67. The third-order valence-electron chi connectivity index (χ3n) is 2.84. The molecule has 2 nitrogen and oxygen atoms in total. The van der Waals surface area contributed by atoms with Gasteiger partial charge in [0.2, 0.25) is 0 Å². The molecule has 0 saturated heterocycles. The van der Waals surface area contributed by atoms with E-state index >= 15 is 0 Å². The number of hydrogen-bond acceptors (Lipinski definition) is 2. The van der Waals surface area contributed by atoms with Gasteiger partial charge in [-0.1, -0.05) is 0 Å². The number of halogens is 1. The summed E-state index contributed by atoms with van der Waals surface area (Å²) in [5, 5.41) is 0. The van der Waals surface area contributed by atoms with Gasteiger partial charge in [0, 0.05) is 5.54 Å². The highest BCUT2D eigenvalue weighted by molar-refractivity contribution is 5.35. The van der Waals surface area contributed by atoms with Crippen LogP contribution in [-0.2, 0) is 6.42 Å². The molecule has 2 N–H and O–H groups in total. The Hall–Kier alpha value is -1.09. The van der Waals surface area contributed by atoms with E-state index in [9.17, 15) is 4.39 Å². The first-order chi connectivity index (χ1) is 7.94. The second-order valence-corrected chi connectivity index (χ2v) is 5.67. The van der Waals surface area contributed by atoms with Crippen LogP contribution in [-0.4, -0.2) is 12.1 Å². The largest absolute Gasteiger partial charge is 0.493 e. The maximum absolute atomic E-state index is 13.2. The minimum atomic E-state index is -0.356. The van der Waals surface area contributed by atoms with Gasteiger partial charge in [0.25, 0.3) is 0 Å². The Balaban J connectivity index is 2.11. The van der Waals surface area contributed by atoms with Crippen LogP contribution in [0.5, 0.6) is 5.75 Å². The molecule has 0 radical (unpaired) electrons. The van der Waals surface area contributed by atoms with Crippen LogP contribution >= 0.6 is 0 Å². The molecule has 1 aliphatic carbocycles. The number of nitrogens with two attached hydrogens (primary N) is 1. The summed E-state index contributed by atoms with van der Waals surface area (Å²) in [5.41, 5.74) is 6.48. The van der Waals surface area contributed by atoms with E-state index in [1.54, 1.807) is 6.07 Å². The zero-order valence-electron chi connectivity index (χ0n) is 10.5. The lowest BCUT2D eigenvalue weighted by Gasteiger charge is -2.20. The molecule has 0 aromatic heterocycles. The summed E-state index contributed by atoms with van der Waals surface area (Å²) in [5.74, 6) is 1.23. The highest BCUT2D eigenvalue weighted by atomic mass is 19.1. The van der Waals surface area contributed by atoms with Crippen molar-refractivity contribution < 1.29 is 9.13 Å². The van der Waals surface area contributed by atoms with Gasteiger partial charge >= 0.3 is 0 Å². The van der Waals surface area contributed by atoms with Gasteiger partial charge in [-0.25, -0.2) is 4.39 Å². The highest BCUT2D eigenvalue weighted by Crippen LogP contribution is 2.31. The zero-order chi connectivity index (χ0) is 12.5. The molecule has 17 heavy (non-hydrogen) atoms. The Morgan fingerprint density at radius 3 is 2.71 bits per heavy atom. The first-order valence-corrected chi connectivity index (χ1v) is 6.14. The average molecular weight is 237 g/mol. The predicted octanol–water partition coefficient (Wildman–Crippen LogP) is 2.89. The van der Waals surface area contributed by atoms with Crippen molar-refractivity contribution in [3.8, 4) is 5.75 Å². The van der Waals surface area contributed by atoms with Gasteiger partial charge in [-0.2, -0.15) is 0 Å². The van der Waals surface area contributed by atoms with Crippen molar-refractivity contribution in [3.05, 3.63) is 29.6 Å². The molecule has 0 bridgehead atoms. The second-order valence-electron chi connectivity index (χ2n) is 5.67. The molecule has 1 fully saturated rings. The Morgan fingerprint density at radius 2 is 2.12 bits per heavy atom. The van der Waals surface area contributed by atoms with E-state index in [1.807, 2.05) is 13.8 Å². The fourth-order valence-corrected chi connectivity index (χ4v) is 1.81. The third-order valence-corrected chi connectivity index (χ3v) is 2.84. The molecule has 1 saturated carbocycles. The molecule has 0 atom stereocenters. The van der Waals surface area contributed by atoms with Crippen molar-refractivity contribution in [2.45, 2.75) is 38.6 Å². The molecule has 0 amide bonds. The number of hydrogen-bond donors (Lipinski definition) is 1. The maximum Gasteiger partial charge on any atom is 0.123 e. The van der Waals surface area contributed by atoms with Crippen LogP contribution in [0, 0.1) is 11.7 Å². The molecule has 94 valence electrons. The van der Waals surface area contributed by atoms with Crippen LogP contribution in [0.1, 0.15) is 32.3 Å². The summed E-state index contributed by atoms with van der Waals surface area (Å²) in [4.78, 5) is 0. The molecule has 3 heteroatoms. The van der Waals surface area contributed by atoms with E-state index in [-0.39, 0.29) is 11.4 Å². The quantitative estimate of drug-likeness (QED) is 0.854. The summed E-state index contributed by atoms with van der Waals surface area (Å²) >= 11 is 0. The van der Waals surface area contributed by atoms with Crippen molar-refractivity contribution >= 4 is 0 Å².